The first-order valence-electron chi connectivity index (χ1n) is 4.30. The van der Waals surface area contributed by atoms with Gasteiger partial charge in [-0.1, -0.05) is 23.2 Å². The number of nitrogens with one attached hydrogen (secondary N) is 1. The van der Waals surface area contributed by atoms with E-state index in [0.29, 0.717) is 0 Å². The molecule has 0 atom stereocenters. The number of carbonyl (C=O) groups excluding carboxylic acids is 1. The summed E-state index contributed by atoms with van der Waals surface area (Å²) in [5, 5.41) is -0.614. The molecule has 1 amide bonds. The Morgan fingerprint density at radius 3 is 2.61 bits per heavy atom. The third-order valence-electron chi connectivity index (χ3n) is 1.67. The minimum absolute atomic E-state index is 0.165. The summed E-state index contributed by atoms with van der Waals surface area (Å²) in [4.78, 5) is 14.7. The lowest BCUT2D eigenvalue weighted by Crippen LogP contribution is -2.30. The van der Waals surface area contributed by atoms with Gasteiger partial charge in [0.2, 0.25) is 5.88 Å². The van der Waals surface area contributed by atoms with E-state index in [4.69, 9.17) is 29.0 Å². The number of hydrazine groups is 1. The summed E-state index contributed by atoms with van der Waals surface area (Å²) >= 11 is 11.3. The number of hydrogen-bond donors (Lipinski definition) is 2. The van der Waals surface area contributed by atoms with Crippen molar-refractivity contribution in [2.45, 2.75) is 6.18 Å². The van der Waals surface area contributed by atoms with E-state index in [9.17, 15) is 18.0 Å². The fraction of sp³-hybridized carbons (Fsp3) is 0.250. The number of amides is 1. The van der Waals surface area contributed by atoms with E-state index in [1.165, 1.54) is 0 Å². The highest BCUT2D eigenvalue weighted by molar-refractivity contribution is 6.40. The van der Waals surface area contributed by atoms with Crippen molar-refractivity contribution in [2.24, 2.45) is 5.84 Å². The molecule has 0 spiro atoms. The molecule has 100 valence electrons. The number of nitrogens with zero attached hydrogens (tertiary/aromatic N) is 1. The second-order valence-electron chi connectivity index (χ2n) is 2.98. The van der Waals surface area contributed by atoms with Crippen molar-refractivity contribution in [3.05, 3.63) is 21.8 Å². The summed E-state index contributed by atoms with van der Waals surface area (Å²) in [6, 6.07) is 0. The van der Waals surface area contributed by atoms with Crippen molar-refractivity contribution in [3.63, 3.8) is 0 Å². The average molecular weight is 304 g/mol. The molecule has 0 radical (unpaired) electrons. The fourth-order valence-corrected chi connectivity index (χ4v) is 1.55. The van der Waals surface area contributed by atoms with Crippen molar-refractivity contribution >= 4 is 29.1 Å². The van der Waals surface area contributed by atoms with E-state index in [1.807, 2.05) is 0 Å². The van der Waals surface area contributed by atoms with Crippen LogP contribution in [0.25, 0.3) is 0 Å². The van der Waals surface area contributed by atoms with Crippen LogP contribution in [-0.2, 0) is 0 Å². The largest absolute Gasteiger partial charge is 0.467 e. The number of nitrogens with two attached hydrogens (primary N) is 1. The molecule has 0 aliphatic carbocycles. The van der Waals surface area contributed by atoms with Crippen LogP contribution in [0.1, 0.15) is 10.4 Å². The third kappa shape index (κ3) is 3.62. The Kier molecular flexibility index (Phi) is 4.60. The van der Waals surface area contributed by atoms with Crippen LogP contribution in [-0.4, -0.2) is 23.7 Å². The van der Waals surface area contributed by atoms with Crippen molar-refractivity contribution in [1.82, 2.24) is 10.4 Å². The molecule has 5 nitrogen and oxygen atoms in total. The van der Waals surface area contributed by atoms with Crippen molar-refractivity contribution in [1.29, 1.82) is 0 Å². The van der Waals surface area contributed by atoms with Gasteiger partial charge in [-0.3, -0.25) is 10.2 Å². The van der Waals surface area contributed by atoms with E-state index in [1.54, 1.807) is 5.43 Å². The molecular formula is C8H6Cl2F3N3O2. The molecule has 3 N–H and O–H groups in total. The smallest absolute Gasteiger partial charge is 0.422 e. The standard InChI is InChI=1S/C8H6Cl2F3N3O2/c9-3-1-15-7(18-2-8(11,12)13)5(10)4(3)6(17)16-14/h1H,2,14H2,(H,16,17). The van der Waals surface area contributed by atoms with Gasteiger partial charge in [0.05, 0.1) is 16.8 Å². The summed E-state index contributed by atoms with van der Waals surface area (Å²) in [6.45, 7) is -1.59. The normalized spacial score (nSPS) is 11.2. The van der Waals surface area contributed by atoms with Gasteiger partial charge in [0.15, 0.2) is 6.61 Å². The predicted molar refractivity (Wildman–Crippen MR) is 57.5 cm³/mol. The highest BCUT2D eigenvalue weighted by atomic mass is 35.5. The molecule has 0 aliphatic heterocycles. The lowest BCUT2D eigenvalue weighted by molar-refractivity contribution is -0.154. The molecule has 10 heteroatoms. The lowest BCUT2D eigenvalue weighted by atomic mass is 10.2. The van der Waals surface area contributed by atoms with Crippen LogP contribution in [0.2, 0.25) is 10.0 Å². The monoisotopic (exact) mass is 303 g/mol. The van der Waals surface area contributed by atoms with E-state index in [0.717, 1.165) is 6.20 Å². The lowest BCUT2D eigenvalue weighted by Gasteiger charge is -2.12. The Labute approximate surface area is 109 Å². The topological polar surface area (TPSA) is 77.2 Å². The minimum Gasteiger partial charge on any atom is -0.467 e. The second kappa shape index (κ2) is 5.59. The number of hydrogen-bond acceptors (Lipinski definition) is 4. The summed E-state index contributed by atoms with van der Waals surface area (Å²) in [6.07, 6.45) is -3.62. The van der Waals surface area contributed by atoms with Gasteiger partial charge in [-0.05, 0) is 0 Å². The molecule has 1 aromatic rings. The number of carbonyl (C=O) groups is 1. The maximum Gasteiger partial charge on any atom is 0.422 e. The van der Waals surface area contributed by atoms with Crippen LogP contribution >= 0.6 is 23.2 Å². The first-order chi connectivity index (χ1) is 8.26. The predicted octanol–water partition coefficient (Wildman–Crippen LogP) is 1.93. The molecule has 0 fully saturated rings. The molecule has 0 aliphatic rings. The van der Waals surface area contributed by atoms with E-state index < -0.39 is 29.6 Å². The summed E-state index contributed by atoms with van der Waals surface area (Å²) in [5.74, 6) is 3.45. The SMILES string of the molecule is NNC(=O)c1c(Cl)cnc(OCC(F)(F)F)c1Cl. The molecule has 0 unspecified atom stereocenters. The molecule has 0 bridgehead atoms. The van der Waals surface area contributed by atoms with Crippen LogP contribution in [0, 0.1) is 0 Å². The molecular weight excluding hydrogens is 298 g/mol. The van der Waals surface area contributed by atoms with Crippen LogP contribution in [0.15, 0.2) is 6.20 Å². The zero-order chi connectivity index (χ0) is 13.9. The van der Waals surface area contributed by atoms with Crippen LogP contribution < -0.4 is 16.0 Å². The van der Waals surface area contributed by atoms with E-state index >= 15 is 0 Å². The summed E-state index contributed by atoms with van der Waals surface area (Å²) in [5.41, 5.74) is 1.44. The number of rotatable bonds is 3. The van der Waals surface area contributed by atoms with Gasteiger partial charge in [0.25, 0.3) is 5.91 Å². The average Bonchev–Trinajstić information content (AvgIpc) is 2.26. The van der Waals surface area contributed by atoms with Gasteiger partial charge >= 0.3 is 6.18 Å². The van der Waals surface area contributed by atoms with Crippen molar-refractivity contribution in [3.8, 4) is 5.88 Å². The van der Waals surface area contributed by atoms with Crippen molar-refractivity contribution < 1.29 is 22.7 Å². The fourth-order valence-electron chi connectivity index (χ4n) is 0.979. The Balaban J connectivity index is 3.05. The maximum atomic E-state index is 12.0. The quantitative estimate of drug-likeness (QED) is 0.508. The van der Waals surface area contributed by atoms with Gasteiger partial charge in [0.1, 0.15) is 5.02 Å². The molecule has 1 rings (SSSR count). The molecule has 1 heterocycles. The first kappa shape index (κ1) is 14.8. The molecule has 1 aromatic heterocycles. The van der Waals surface area contributed by atoms with E-state index in [-0.39, 0.29) is 10.6 Å². The highest BCUT2D eigenvalue weighted by Gasteiger charge is 2.30. The number of ether oxygens (including phenoxy) is 1. The summed E-state index contributed by atoms with van der Waals surface area (Å²) < 4.78 is 40.2. The zero-order valence-corrected chi connectivity index (χ0v) is 10.0. The maximum absolute atomic E-state index is 12.0. The number of pyridine rings is 1. The first-order valence-corrected chi connectivity index (χ1v) is 5.06. The van der Waals surface area contributed by atoms with Gasteiger partial charge in [-0.2, -0.15) is 13.2 Å². The van der Waals surface area contributed by atoms with Crippen LogP contribution in [0.4, 0.5) is 13.2 Å². The number of nitrogen functional groups attached to an aromatic ring is 1. The Morgan fingerprint density at radius 1 is 1.50 bits per heavy atom. The van der Waals surface area contributed by atoms with Gasteiger partial charge in [-0.25, -0.2) is 10.8 Å². The summed E-state index contributed by atoms with van der Waals surface area (Å²) in [7, 11) is 0. The molecule has 0 saturated carbocycles. The number of alkyl halides is 3. The van der Waals surface area contributed by atoms with Gasteiger partial charge in [0, 0.05) is 0 Å². The Morgan fingerprint density at radius 2 is 2.11 bits per heavy atom. The van der Waals surface area contributed by atoms with Crippen molar-refractivity contribution in [2.75, 3.05) is 6.61 Å². The second-order valence-corrected chi connectivity index (χ2v) is 3.76. The van der Waals surface area contributed by atoms with Crippen LogP contribution in [0.5, 0.6) is 5.88 Å². The zero-order valence-electron chi connectivity index (χ0n) is 8.52. The van der Waals surface area contributed by atoms with E-state index in [2.05, 4.69) is 9.72 Å². The molecule has 0 saturated heterocycles. The number of halogens is 5. The van der Waals surface area contributed by atoms with Crippen LogP contribution in [0.3, 0.4) is 0 Å². The molecule has 18 heavy (non-hydrogen) atoms. The number of aromatic nitrogens is 1. The highest BCUT2D eigenvalue weighted by Crippen LogP contribution is 2.31. The molecule has 0 aromatic carbocycles. The van der Waals surface area contributed by atoms with Gasteiger partial charge < -0.3 is 4.74 Å². The Hall–Kier alpha value is -1.25. The minimum atomic E-state index is -4.55. The Bertz CT molecular complexity index is 468. The van der Waals surface area contributed by atoms with Gasteiger partial charge in [-0.15, -0.1) is 0 Å². The third-order valence-corrected chi connectivity index (χ3v) is 2.31.